The highest BCUT2D eigenvalue weighted by Crippen LogP contribution is 2.38. The summed E-state index contributed by atoms with van der Waals surface area (Å²) in [7, 11) is 0. The van der Waals surface area contributed by atoms with Crippen LogP contribution in [0.5, 0.6) is 0 Å². The quantitative estimate of drug-likeness (QED) is 0.117. The third-order valence-corrected chi connectivity index (χ3v) is 9.30. The molecule has 0 nitrogen and oxygen atoms in total. The van der Waals surface area contributed by atoms with E-state index >= 15 is 0 Å². The van der Waals surface area contributed by atoms with E-state index in [4.69, 9.17) is 0 Å². The van der Waals surface area contributed by atoms with Gasteiger partial charge in [-0.1, -0.05) is 166 Å². The third kappa shape index (κ3) is 19.7. The predicted octanol–water partition coefficient (Wildman–Crippen LogP) is 13.0. The summed E-state index contributed by atoms with van der Waals surface area (Å²) in [5.74, 6) is 3.73. The first-order chi connectivity index (χ1) is 16.5. The van der Waals surface area contributed by atoms with Crippen LogP contribution in [0.1, 0.15) is 191 Å². The van der Waals surface area contributed by atoms with Crippen LogP contribution in [-0.2, 0) is 0 Å². The Kier molecular flexibility index (Phi) is 20.0. The lowest BCUT2D eigenvalue weighted by Crippen LogP contribution is -2.18. The lowest BCUT2D eigenvalue weighted by Gasteiger charge is -2.31. The van der Waals surface area contributed by atoms with Gasteiger partial charge >= 0.3 is 0 Å². The van der Waals surface area contributed by atoms with Crippen LogP contribution in [0.2, 0.25) is 0 Å². The van der Waals surface area contributed by atoms with E-state index in [-0.39, 0.29) is 0 Å². The molecule has 0 N–H and O–H groups in total. The minimum absolute atomic E-state index is 0.521. The standard InChI is InChI=1S/C35H72/c1-11-20-32(24-18-22-30(5)13-3)28-34(7,8)26-16-15-17-27-35(9,10)29-33(21-12-2)25-19-23-31(6)14-4/h30-33H,11-29H2,1-10H3. The number of unbranched alkanes of at least 4 members (excludes halogenated alkanes) is 2. The van der Waals surface area contributed by atoms with Crippen molar-refractivity contribution >= 4 is 0 Å². The minimum Gasteiger partial charge on any atom is -0.0654 e. The van der Waals surface area contributed by atoms with Gasteiger partial charge in [-0.3, -0.25) is 0 Å². The monoisotopic (exact) mass is 493 g/mol. The first-order valence-corrected chi connectivity index (χ1v) is 16.5. The molecule has 0 spiro atoms. The van der Waals surface area contributed by atoms with E-state index in [9.17, 15) is 0 Å². The second-order valence-corrected chi connectivity index (χ2v) is 14.5. The maximum Gasteiger partial charge on any atom is -0.0352 e. The zero-order chi connectivity index (χ0) is 26.7. The van der Waals surface area contributed by atoms with Crippen molar-refractivity contribution in [3.8, 4) is 0 Å². The smallest absolute Gasteiger partial charge is 0.0352 e. The molecule has 0 bridgehead atoms. The van der Waals surface area contributed by atoms with Crippen molar-refractivity contribution in [3.63, 3.8) is 0 Å². The molecule has 0 rings (SSSR count). The highest BCUT2D eigenvalue weighted by Gasteiger charge is 2.24. The first kappa shape index (κ1) is 35.0. The molecular formula is C35H72. The van der Waals surface area contributed by atoms with E-state index in [1.807, 2.05) is 0 Å². The summed E-state index contributed by atoms with van der Waals surface area (Å²) in [5, 5.41) is 0. The second-order valence-electron chi connectivity index (χ2n) is 14.5. The lowest BCUT2D eigenvalue weighted by atomic mass is 9.74. The van der Waals surface area contributed by atoms with E-state index in [1.54, 1.807) is 0 Å². The van der Waals surface area contributed by atoms with Crippen molar-refractivity contribution in [3.05, 3.63) is 0 Å². The maximum absolute atomic E-state index is 2.56. The van der Waals surface area contributed by atoms with Crippen molar-refractivity contribution < 1.29 is 0 Å². The largest absolute Gasteiger partial charge is 0.0654 e. The van der Waals surface area contributed by atoms with Crippen molar-refractivity contribution in [1.29, 1.82) is 0 Å². The summed E-state index contributed by atoms with van der Waals surface area (Å²) >= 11 is 0. The van der Waals surface area contributed by atoms with Crippen LogP contribution >= 0.6 is 0 Å². The Bertz CT molecular complexity index is 417. The van der Waals surface area contributed by atoms with Gasteiger partial charge in [-0.2, -0.15) is 0 Å². The molecule has 0 fully saturated rings. The lowest BCUT2D eigenvalue weighted by molar-refractivity contribution is 0.206. The molecule has 0 heteroatoms. The van der Waals surface area contributed by atoms with Crippen molar-refractivity contribution in [1.82, 2.24) is 0 Å². The molecule has 0 aromatic rings. The molecule has 4 atom stereocenters. The summed E-state index contributed by atoms with van der Waals surface area (Å²) in [5.41, 5.74) is 1.04. The van der Waals surface area contributed by atoms with Crippen LogP contribution in [0, 0.1) is 34.5 Å². The molecule has 0 aromatic carbocycles. The summed E-state index contributed by atoms with van der Waals surface area (Å²) in [6, 6.07) is 0. The van der Waals surface area contributed by atoms with E-state index in [2.05, 4.69) is 69.2 Å². The summed E-state index contributed by atoms with van der Waals surface area (Å²) < 4.78 is 0. The molecule has 0 saturated heterocycles. The Labute approximate surface area is 225 Å². The molecule has 4 unspecified atom stereocenters. The van der Waals surface area contributed by atoms with Gasteiger partial charge in [-0.25, -0.2) is 0 Å². The number of hydrogen-bond donors (Lipinski definition) is 0. The number of rotatable bonds is 24. The van der Waals surface area contributed by atoms with Crippen LogP contribution in [-0.4, -0.2) is 0 Å². The Morgan fingerprint density at radius 3 is 1.14 bits per heavy atom. The summed E-state index contributed by atoms with van der Waals surface area (Å²) in [6.07, 6.45) is 27.0. The van der Waals surface area contributed by atoms with Crippen LogP contribution in [0.4, 0.5) is 0 Å². The molecule has 0 amide bonds. The van der Waals surface area contributed by atoms with Crippen molar-refractivity contribution in [2.45, 2.75) is 191 Å². The summed E-state index contributed by atoms with van der Waals surface area (Å²) in [4.78, 5) is 0. The van der Waals surface area contributed by atoms with Gasteiger partial charge in [0.1, 0.15) is 0 Å². The fraction of sp³-hybridized carbons (Fsp3) is 1.00. The van der Waals surface area contributed by atoms with Gasteiger partial charge in [0, 0.05) is 0 Å². The maximum atomic E-state index is 2.56. The fourth-order valence-corrected chi connectivity index (χ4v) is 6.58. The second kappa shape index (κ2) is 20.0. The highest BCUT2D eigenvalue weighted by molar-refractivity contribution is 4.77. The molecule has 0 saturated carbocycles. The Balaban J connectivity index is 4.35. The normalized spacial score (nSPS) is 16.3. The molecule has 212 valence electrons. The van der Waals surface area contributed by atoms with Crippen LogP contribution in [0.25, 0.3) is 0 Å². The van der Waals surface area contributed by atoms with Gasteiger partial charge in [0.2, 0.25) is 0 Å². The van der Waals surface area contributed by atoms with Crippen LogP contribution in [0.15, 0.2) is 0 Å². The Morgan fingerprint density at radius 2 is 0.829 bits per heavy atom. The fourth-order valence-electron chi connectivity index (χ4n) is 6.58. The van der Waals surface area contributed by atoms with Crippen LogP contribution < -0.4 is 0 Å². The van der Waals surface area contributed by atoms with Crippen molar-refractivity contribution in [2.75, 3.05) is 0 Å². The molecule has 0 aliphatic carbocycles. The molecule has 0 aliphatic rings. The van der Waals surface area contributed by atoms with Gasteiger partial charge in [-0.05, 0) is 60.2 Å². The highest BCUT2D eigenvalue weighted by atomic mass is 14.3. The van der Waals surface area contributed by atoms with Gasteiger partial charge in [0.15, 0.2) is 0 Å². The SMILES string of the molecule is CCCC(CCCC(C)CC)CC(C)(C)CCCCCC(C)(C)CC(CCC)CCCC(C)CC. The average molecular weight is 493 g/mol. The molecular weight excluding hydrogens is 420 g/mol. The van der Waals surface area contributed by atoms with E-state index < -0.39 is 0 Å². The minimum atomic E-state index is 0.521. The molecule has 0 heterocycles. The molecule has 0 aromatic heterocycles. The van der Waals surface area contributed by atoms with E-state index in [0.717, 1.165) is 23.7 Å². The van der Waals surface area contributed by atoms with Gasteiger partial charge in [0.05, 0.1) is 0 Å². The van der Waals surface area contributed by atoms with E-state index in [0.29, 0.717) is 10.8 Å². The van der Waals surface area contributed by atoms with E-state index in [1.165, 1.54) is 122 Å². The van der Waals surface area contributed by atoms with Gasteiger partial charge in [-0.15, -0.1) is 0 Å². The van der Waals surface area contributed by atoms with Crippen molar-refractivity contribution in [2.24, 2.45) is 34.5 Å². The Hall–Kier alpha value is 0. The molecule has 0 radical (unpaired) electrons. The third-order valence-electron chi connectivity index (χ3n) is 9.30. The van der Waals surface area contributed by atoms with Gasteiger partial charge < -0.3 is 0 Å². The zero-order valence-corrected chi connectivity index (χ0v) is 26.7. The topological polar surface area (TPSA) is 0 Å². The molecule has 35 heavy (non-hydrogen) atoms. The first-order valence-electron chi connectivity index (χ1n) is 16.5. The Morgan fingerprint density at radius 1 is 0.457 bits per heavy atom. The zero-order valence-electron chi connectivity index (χ0n) is 26.7. The van der Waals surface area contributed by atoms with Gasteiger partial charge in [0.25, 0.3) is 0 Å². The number of hydrogen-bond acceptors (Lipinski definition) is 0. The average Bonchev–Trinajstić information content (AvgIpc) is 2.78. The molecule has 0 aliphatic heterocycles. The van der Waals surface area contributed by atoms with Crippen LogP contribution in [0.3, 0.4) is 0 Å². The predicted molar refractivity (Wildman–Crippen MR) is 163 cm³/mol. The summed E-state index contributed by atoms with van der Waals surface area (Å²) in [6.45, 7) is 24.5.